The first-order valence-electron chi connectivity index (χ1n) is 19.1. The monoisotopic (exact) mass is 795 g/mol. The molecule has 13 nitrogen and oxygen atoms in total. The number of hydrogen-bond donors (Lipinski definition) is 2. The zero-order valence-electron chi connectivity index (χ0n) is 32.1. The topological polar surface area (TPSA) is 155 Å². The summed E-state index contributed by atoms with van der Waals surface area (Å²) in [6, 6.07) is 15.8. The lowest BCUT2D eigenvalue weighted by Gasteiger charge is -2.63. The summed E-state index contributed by atoms with van der Waals surface area (Å²) in [4.78, 5) is 71.3. The summed E-state index contributed by atoms with van der Waals surface area (Å²) >= 11 is 6.22. The molecular weight excluding hydrogens is 753 g/mol. The Kier molecular flexibility index (Phi) is 9.52. The Bertz CT molecular complexity index is 2240. The van der Waals surface area contributed by atoms with Gasteiger partial charge in [0.05, 0.1) is 27.4 Å². The fourth-order valence-electron chi connectivity index (χ4n) is 9.60. The number of piperazine rings is 1. The second kappa shape index (κ2) is 14.1. The van der Waals surface area contributed by atoms with E-state index in [4.69, 9.17) is 16.3 Å². The van der Waals surface area contributed by atoms with Crippen LogP contribution in [0.1, 0.15) is 77.2 Å². The molecule has 0 aromatic heterocycles. The van der Waals surface area contributed by atoms with Crippen molar-refractivity contribution in [2.45, 2.75) is 64.8 Å². The molecule has 3 saturated heterocycles. The minimum absolute atomic E-state index is 0.0651. The summed E-state index contributed by atoms with van der Waals surface area (Å²) in [5.41, 5.74) is 1.44. The molecule has 5 amide bonds. The van der Waals surface area contributed by atoms with Crippen molar-refractivity contribution >= 4 is 52.5 Å². The van der Waals surface area contributed by atoms with Crippen LogP contribution in [-0.2, 0) is 9.59 Å². The Labute approximate surface area is 334 Å². The Morgan fingerprint density at radius 3 is 2.26 bits per heavy atom. The van der Waals surface area contributed by atoms with Crippen LogP contribution in [0.3, 0.4) is 0 Å². The van der Waals surface area contributed by atoms with Crippen molar-refractivity contribution in [3.8, 4) is 11.8 Å². The second-order valence-electron chi connectivity index (χ2n) is 16.7. The predicted octanol–water partition coefficient (Wildman–Crippen LogP) is 4.37. The molecule has 1 atom stereocenters. The van der Waals surface area contributed by atoms with Crippen LogP contribution in [0.25, 0.3) is 0 Å². The predicted molar refractivity (Wildman–Crippen MR) is 209 cm³/mol. The quantitative estimate of drug-likeness (QED) is 0.314. The van der Waals surface area contributed by atoms with Gasteiger partial charge in [-0.15, -0.1) is 0 Å². The van der Waals surface area contributed by atoms with Crippen molar-refractivity contribution in [3.05, 3.63) is 87.7 Å². The highest BCUT2D eigenvalue weighted by atomic mass is 35.5. The number of piperidine rings is 1. The van der Waals surface area contributed by atoms with Gasteiger partial charge in [0.1, 0.15) is 29.8 Å². The van der Waals surface area contributed by atoms with Gasteiger partial charge in [-0.25, -0.2) is 4.39 Å². The van der Waals surface area contributed by atoms with Crippen LogP contribution in [0.5, 0.6) is 5.75 Å². The Hall–Kier alpha value is -5.52. The first kappa shape index (κ1) is 38.4. The number of nitriles is 1. The highest BCUT2D eigenvalue weighted by Crippen LogP contribution is 2.55. The number of carbonyl (C=O) groups excluding carboxylic acids is 5. The van der Waals surface area contributed by atoms with Crippen molar-refractivity contribution in [3.63, 3.8) is 0 Å². The van der Waals surface area contributed by atoms with Crippen LogP contribution < -0.4 is 25.2 Å². The van der Waals surface area contributed by atoms with Crippen LogP contribution in [0.4, 0.5) is 15.8 Å². The lowest BCUT2D eigenvalue weighted by atomic mass is 9.49. The third-order valence-electron chi connectivity index (χ3n) is 12.5. The van der Waals surface area contributed by atoms with E-state index in [2.05, 4.69) is 20.4 Å². The average Bonchev–Trinajstić information content (AvgIpc) is 3.40. The second-order valence-corrected chi connectivity index (χ2v) is 17.1. The van der Waals surface area contributed by atoms with E-state index in [1.165, 1.54) is 6.07 Å². The SMILES string of the molecule is CC1(C)C(NC(=O)c2ccc(N3CCN(C4CN(c5ccc6c(c5)C(=O)N(C5CCC(=O)NC5=O)C6=O)C4)CC3)c(F)c2)C(C)(C)C1Oc1ccc(C#N)c(Cl)c1. The smallest absolute Gasteiger partial charge is 0.262 e. The van der Waals surface area contributed by atoms with Crippen molar-refractivity contribution < 1.29 is 33.1 Å². The minimum atomic E-state index is -1.01. The largest absolute Gasteiger partial charge is 0.489 e. The highest BCUT2D eigenvalue weighted by molar-refractivity contribution is 6.31. The molecule has 0 radical (unpaired) electrons. The maximum absolute atomic E-state index is 15.6. The van der Waals surface area contributed by atoms with Crippen LogP contribution in [0, 0.1) is 28.0 Å². The molecule has 8 rings (SSSR count). The van der Waals surface area contributed by atoms with Gasteiger partial charge in [0.25, 0.3) is 17.7 Å². The van der Waals surface area contributed by atoms with E-state index in [9.17, 15) is 29.2 Å². The number of imide groups is 2. The van der Waals surface area contributed by atoms with Crippen molar-refractivity contribution in [2.24, 2.45) is 10.8 Å². The van der Waals surface area contributed by atoms with Gasteiger partial charge in [-0.1, -0.05) is 39.3 Å². The van der Waals surface area contributed by atoms with E-state index in [1.807, 2.05) is 44.7 Å². The number of nitrogens with zero attached hydrogens (tertiary/aromatic N) is 5. The van der Waals surface area contributed by atoms with E-state index < -0.39 is 46.3 Å². The lowest BCUT2D eigenvalue weighted by molar-refractivity contribution is -0.164. The fraction of sp³-hybridized carbons (Fsp3) is 0.429. The normalized spacial score (nSPS) is 24.3. The third-order valence-corrected chi connectivity index (χ3v) is 12.8. The zero-order chi connectivity index (χ0) is 40.6. The van der Waals surface area contributed by atoms with E-state index in [0.29, 0.717) is 35.1 Å². The molecule has 0 spiro atoms. The first-order chi connectivity index (χ1) is 27.1. The Balaban J connectivity index is 0.833. The molecule has 296 valence electrons. The van der Waals surface area contributed by atoms with Crippen LogP contribution in [0.15, 0.2) is 54.6 Å². The number of halogens is 2. The van der Waals surface area contributed by atoms with Crippen LogP contribution in [-0.4, -0.2) is 103 Å². The summed E-state index contributed by atoms with van der Waals surface area (Å²) in [6.45, 7) is 12.2. The minimum Gasteiger partial charge on any atom is -0.489 e. The molecule has 3 aromatic rings. The van der Waals surface area contributed by atoms with E-state index in [-0.39, 0.29) is 53.6 Å². The molecule has 4 fully saturated rings. The molecule has 4 heterocycles. The summed E-state index contributed by atoms with van der Waals surface area (Å²) in [5.74, 6) is -2.39. The number of amides is 5. The summed E-state index contributed by atoms with van der Waals surface area (Å²) in [6.07, 6.45) is -0.0956. The maximum atomic E-state index is 15.6. The number of rotatable bonds is 8. The number of hydrogen-bond acceptors (Lipinski definition) is 10. The van der Waals surface area contributed by atoms with Gasteiger partial charge in [-0.2, -0.15) is 5.26 Å². The van der Waals surface area contributed by atoms with E-state index in [0.717, 1.165) is 36.8 Å². The van der Waals surface area contributed by atoms with Crippen molar-refractivity contribution in [2.75, 3.05) is 49.1 Å². The molecule has 1 unspecified atom stereocenters. The standard InChI is InChI=1S/C42H43ClFN7O6/c1-41(2)39(42(3,4)40(41)57-27-8-5-24(20-45)30(43)19-27)47-35(53)23-6-10-32(31(44)17-23)49-15-13-48(14-16-49)26-21-50(22-26)25-7-9-28-29(18-25)38(56)51(37(28)55)33-11-12-34(52)46-36(33)54/h5-10,17-19,26,33,39-40H,11-16,21-22H2,1-4H3,(H,47,53)(H,46,52,54). The fourth-order valence-corrected chi connectivity index (χ4v) is 9.81. The summed E-state index contributed by atoms with van der Waals surface area (Å²) < 4.78 is 22.0. The van der Waals surface area contributed by atoms with E-state index in [1.54, 1.807) is 42.5 Å². The molecule has 15 heteroatoms. The van der Waals surface area contributed by atoms with Gasteiger partial charge in [-0.3, -0.25) is 39.1 Å². The van der Waals surface area contributed by atoms with Gasteiger partial charge < -0.3 is 19.9 Å². The van der Waals surface area contributed by atoms with Gasteiger partial charge in [0.15, 0.2) is 0 Å². The zero-order valence-corrected chi connectivity index (χ0v) is 32.9. The molecule has 5 aliphatic rings. The maximum Gasteiger partial charge on any atom is 0.262 e. The summed E-state index contributed by atoms with van der Waals surface area (Å²) in [7, 11) is 0. The molecule has 4 aliphatic heterocycles. The number of nitrogens with one attached hydrogen (secondary N) is 2. The van der Waals surface area contributed by atoms with E-state index >= 15 is 4.39 Å². The number of benzene rings is 3. The third kappa shape index (κ3) is 6.56. The first-order valence-corrected chi connectivity index (χ1v) is 19.5. The highest BCUT2D eigenvalue weighted by Gasteiger charge is 2.64. The number of carbonyl (C=O) groups is 5. The molecule has 57 heavy (non-hydrogen) atoms. The van der Waals surface area contributed by atoms with Gasteiger partial charge in [0, 0.05) is 85.9 Å². The lowest BCUT2D eigenvalue weighted by Crippen LogP contribution is -2.74. The van der Waals surface area contributed by atoms with Crippen LogP contribution in [0.2, 0.25) is 5.02 Å². The number of anilines is 2. The molecule has 1 saturated carbocycles. The van der Waals surface area contributed by atoms with Crippen molar-refractivity contribution in [1.29, 1.82) is 5.26 Å². The molecule has 2 N–H and O–H groups in total. The Morgan fingerprint density at radius 2 is 1.61 bits per heavy atom. The molecule has 1 aliphatic carbocycles. The number of ether oxygens (including phenoxy) is 1. The number of fused-ring (bicyclic) bond motifs is 1. The van der Waals surface area contributed by atoms with Crippen molar-refractivity contribution in [1.82, 2.24) is 20.4 Å². The van der Waals surface area contributed by atoms with Gasteiger partial charge >= 0.3 is 0 Å². The molecule has 0 bridgehead atoms. The van der Waals surface area contributed by atoms with Gasteiger partial charge in [-0.05, 0) is 55.0 Å². The molecular formula is C42H43ClFN7O6. The Morgan fingerprint density at radius 1 is 0.912 bits per heavy atom. The molecule has 3 aromatic carbocycles. The van der Waals surface area contributed by atoms with Crippen LogP contribution >= 0.6 is 11.6 Å². The van der Waals surface area contributed by atoms with Gasteiger partial charge in [0.2, 0.25) is 11.8 Å². The summed E-state index contributed by atoms with van der Waals surface area (Å²) in [5, 5.41) is 14.9. The average molecular weight is 796 g/mol.